The van der Waals surface area contributed by atoms with Crippen LogP contribution in [-0.4, -0.2) is 29.0 Å². The monoisotopic (exact) mass is 271 g/mol. The molecule has 0 saturated heterocycles. The maximum Gasteiger partial charge on any atom is 0.131 e. The first-order chi connectivity index (χ1) is 8.69. The van der Waals surface area contributed by atoms with Crippen LogP contribution in [-0.2, 0) is 0 Å². The van der Waals surface area contributed by atoms with Crippen LogP contribution >= 0.6 is 11.8 Å². The molecule has 1 aromatic carbocycles. The fourth-order valence-corrected chi connectivity index (χ4v) is 2.07. The van der Waals surface area contributed by atoms with Crippen molar-refractivity contribution in [1.82, 2.24) is 0 Å². The Bertz CT molecular complexity index is 410. The molecular formula is C13H18FNO2S. The third-order valence-electron chi connectivity index (χ3n) is 2.38. The van der Waals surface area contributed by atoms with Crippen molar-refractivity contribution in [3.63, 3.8) is 0 Å². The van der Waals surface area contributed by atoms with E-state index in [-0.39, 0.29) is 5.82 Å². The summed E-state index contributed by atoms with van der Waals surface area (Å²) in [5.74, 6) is 2.17. The first-order valence-electron chi connectivity index (χ1n) is 5.88. The van der Waals surface area contributed by atoms with Crippen LogP contribution in [0.2, 0.25) is 0 Å². The highest BCUT2D eigenvalue weighted by Gasteiger charge is 2.08. The van der Waals surface area contributed by atoms with Crippen molar-refractivity contribution in [3.8, 4) is 5.75 Å². The number of hydrogen-bond donors (Lipinski definition) is 1. The summed E-state index contributed by atoms with van der Waals surface area (Å²) in [4.78, 5) is 0. The van der Waals surface area contributed by atoms with Gasteiger partial charge in [-0.15, -0.1) is 0 Å². The summed E-state index contributed by atoms with van der Waals surface area (Å²) in [5, 5.41) is 11.9. The van der Waals surface area contributed by atoms with Gasteiger partial charge in [-0.05, 0) is 37.0 Å². The highest BCUT2D eigenvalue weighted by atomic mass is 32.2. The zero-order chi connectivity index (χ0) is 13.4. The van der Waals surface area contributed by atoms with E-state index in [1.165, 1.54) is 12.1 Å². The van der Waals surface area contributed by atoms with Crippen LogP contribution in [0.5, 0.6) is 5.75 Å². The van der Waals surface area contributed by atoms with Crippen LogP contribution in [0.1, 0.15) is 25.8 Å². The molecule has 100 valence electrons. The van der Waals surface area contributed by atoms with Gasteiger partial charge in [0, 0.05) is 11.6 Å². The molecule has 0 saturated carbocycles. The molecule has 0 spiro atoms. The van der Waals surface area contributed by atoms with Gasteiger partial charge in [0.15, 0.2) is 0 Å². The molecule has 0 radical (unpaired) electrons. The third kappa shape index (κ3) is 4.56. The molecule has 0 unspecified atom stereocenters. The Morgan fingerprint density at radius 3 is 2.94 bits per heavy atom. The molecule has 0 atom stereocenters. The van der Waals surface area contributed by atoms with E-state index in [1.807, 2.05) is 11.8 Å². The van der Waals surface area contributed by atoms with E-state index < -0.39 is 0 Å². The Morgan fingerprint density at radius 1 is 1.50 bits per heavy atom. The number of rotatable bonds is 7. The largest absolute Gasteiger partial charge is 0.493 e. The normalized spacial score (nSPS) is 11.6. The van der Waals surface area contributed by atoms with Crippen molar-refractivity contribution in [2.24, 2.45) is 5.16 Å². The van der Waals surface area contributed by atoms with Gasteiger partial charge in [0.25, 0.3) is 0 Å². The van der Waals surface area contributed by atoms with E-state index in [0.29, 0.717) is 23.6 Å². The summed E-state index contributed by atoms with van der Waals surface area (Å²) in [7, 11) is 0. The van der Waals surface area contributed by atoms with E-state index in [1.54, 1.807) is 13.0 Å². The van der Waals surface area contributed by atoms with Gasteiger partial charge in [0.05, 0.1) is 12.3 Å². The number of ether oxygens (including phenoxy) is 1. The lowest BCUT2D eigenvalue weighted by atomic mass is 10.1. The summed E-state index contributed by atoms with van der Waals surface area (Å²) >= 11 is 1.84. The van der Waals surface area contributed by atoms with E-state index in [2.05, 4.69) is 12.1 Å². The predicted molar refractivity (Wildman–Crippen MR) is 73.5 cm³/mol. The molecule has 0 aliphatic carbocycles. The maximum atomic E-state index is 13.2. The minimum atomic E-state index is -0.359. The van der Waals surface area contributed by atoms with Crippen molar-refractivity contribution in [3.05, 3.63) is 29.6 Å². The van der Waals surface area contributed by atoms with Gasteiger partial charge in [-0.2, -0.15) is 11.8 Å². The predicted octanol–water partition coefficient (Wildman–Crippen LogP) is 3.55. The number of nitrogens with zero attached hydrogens (tertiary/aromatic N) is 1. The Balaban J connectivity index is 2.65. The molecule has 0 heterocycles. The van der Waals surface area contributed by atoms with Crippen LogP contribution in [0, 0.1) is 5.82 Å². The van der Waals surface area contributed by atoms with Crippen LogP contribution in [0.4, 0.5) is 4.39 Å². The van der Waals surface area contributed by atoms with Crippen LogP contribution < -0.4 is 4.74 Å². The summed E-state index contributed by atoms with van der Waals surface area (Å²) in [6, 6.07) is 4.20. The van der Waals surface area contributed by atoms with E-state index in [4.69, 9.17) is 9.94 Å². The standard InChI is InChI=1S/C13H18FNO2S/c1-3-18-8-4-7-17-13-9-11(14)5-6-12(13)10(2)15-16/h5-6,9,16H,3-4,7-8H2,1-2H3/b15-10+. The average Bonchev–Trinajstić information content (AvgIpc) is 2.38. The SMILES string of the molecule is CCSCCCOc1cc(F)ccc1/C(C)=N/O. The molecule has 18 heavy (non-hydrogen) atoms. The van der Waals surface area contributed by atoms with Crippen molar-refractivity contribution in [1.29, 1.82) is 0 Å². The second-order valence-electron chi connectivity index (χ2n) is 3.72. The molecule has 0 aromatic heterocycles. The average molecular weight is 271 g/mol. The Kier molecular flexibility index (Phi) is 6.57. The lowest BCUT2D eigenvalue weighted by molar-refractivity contribution is 0.311. The van der Waals surface area contributed by atoms with Crippen molar-refractivity contribution >= 4 is 17.5 Å². The number of halogens is 1. The lowest BCUT2D eigenvalue weighted by Crippen LogP contribution is -2.05. The highest BCUT2D eigenvalue weighted by molar-refractivity contribution is 7.99. The smallest absolute Gasteiger partial charge is 0.131 e. The molecule has 1 aromatic rings. The molecule has 3 nitrogen and oxygen atoms in total. The van der Waals surface area contributed by atoms with Crippen LogP contribution in [0.15, 0.2) is 23.4 Å². The Labute approximate surface area is 111 Å². The minimum Gasteiger partial charge on any atom is -0.493 e. The van der Waals surface area contributed by atoms with Crippen molar-refractivity contribution in [2.75, 3.05) is 18.1 Å². The van der Waals surface area contributed by atoms with E-state index in [9.17, 15) is 4.39 Å². The topological polar surface area (TPSA) is 41.8 Å². The Hall–Kier alpha value is -1.23. The van der Waals surface area contributed by atoms with Gasteiger partial charge >= 0.3 is 0 Å². The Morgan fingerprint density at radius 2 is 2.28 bits per heavy atom. The zero-order valence-electron chi connectivity index (χ0n) is 10.6. The first-order valence-corrected chi connectivity index (χ1v) is 7.03. The molecule has 5 heteroatoms. The molecule has 0 bridgehead atoms. The fraction of sp³-hybridized carbons (Fsp3) is 0.462. The fourth-order valence-electron chi connectivity index (χ4n) is 1.46. The number of thioether (sulfide) groups is 1. The number of hydrogen-bond acceptors (Lipinski definition) is 4. The second-order valence-corrected chi connectivity index (χ2v) is 5.12. The molecule has 0 aliphatic heterocycles. The molecule has 0 fully saturated rings. The summed E-state index contributed by atoms with van der Waals surface area (Å²) in [5.41, 5.74) is 1.02. The second kappa shape index (κ2) is 7.97. The summed E-state index contributed by atoms with van der Waals surface area (Å²) in [6.45, 7) is 4.28. The van der Waals surface area contributed by atoms with Gasteiger partial charge < -0.3 is 9.94 Å². The molecule has 1 rings (SSSR count). The van der Waals surface area contributed by atoms with Gasteiger partial charge in [-0.25, -0.2) is 4.39 Å². The molecule has 0 aliphatic rings. The van der Waals surface area contributed by atoms with Gasteiger partial charge in [0.2, 0.25) is 0 Å². The lowest BCUT2D eigenvalue weighted by Gasteiger charge is -2.10. The quantitative estimate of drug-likeness (QED) is 0.357. The third-order valence-corrected chi connectivity index (χ3v) is 3.36. The molecular weight excluding hydrogens is 253 g/mol. The van der Waals surface area contributed by atoms with Gasteiger partial charge in [-0.3, -0.25) is 0 Å². The van der Waals surface area contributed by atoms with Crippen LogP contribution in [0.3, 0.4) is 0 Å². The number of benzene rings is 1. The first kappa shape index (κ1) is 14.8. The molecule has 1 N–H and O–H groups in total. The van der Waals surface area contributed by atoms with Crippen LogP contribution in [0.25, 0.3) is 0 Å². The van der Waals surface area contributed by atoms with E-state index in [0.717, 1.165) is 17.9 Å². The molecule has 0 amide bonds. The highest BCUT2D eigenvalue weighted by Crippen LogP contribution is 2.21. The van der Waals surface area contributed by atoms with Crippen molar-refractivity contribution in [2.45, 2.75) is 20.3 Å². The zero-order valence-corrected chi connectivity index (χ0v) is 11.5. The number of oxime groups is 1. The van der Waals surface area contributed by atoms with Gasteiger partial charge in [0.1, 0.15) is 11.6 Å². The summed E-state index contributed by atoms with van der Waals surface area (Å²) < 4.78 is 18.7. The minimum absolute atomic E-state index is 0.359. The van der Waals surface area contributed by atoms with Gasteiger partial charge in [-0.1, -0.05) is 12.1 Å². The van der Waals surface area contributed by atoms with E-state index >= 15 is 0 Å². The van der Waals surface area contributed by atoms with Crippen molar-refractivity contribution < 1.29 is 14.3 Å². The summed E-state index contributed by atoms with van der Waals surface area (Å²) in [6.07, 6.45) is 0.907. The maximum absolute atomic E-state index is 13.2.